The highest BCUT2D eigenvalue weighted by Gasteiger charge is 2.59. The van der Waals surface area contributed by atoms with E-state index in [1.165, 1.54) is 10.8 Å². The summed E-state index contributed by atoms with van der Waals surface area (Å²) >= 11 is 0. The Hall–Kier alpha value is -2.04. The molecule has 196 valence electrons. The molecule has 0 radical (unpaired) electrons. The van der Waals surface area contributed by atoms with Crippen molar-refractivity contribution in [2.24, 2.45) is 5.92 Å². The van der Waals surface area contributed by atoms with Crippen molar-refractivity contribution in [3.8, 4) is 11.3 Å². The maximum absolute atomic E-state index is 14.8. The molecule has 0 bridgehead atoms. The van der Waals surface area contributed by atoms with Crippen LogP contribution in [0.15, 0.2) is 60.3 Å². The quantitative estimate of drug-likeness (QED) is 0.203. The molecule has 2 aromatic rings. The maximum Gasteiger partial charge on any atom is 0.213 e. The first-order chi connectivity index (χ1) is 16.8. The lowest BCUT2D eigenvalue weighted by atomic mass is 9.58. The summed E-state index contributed by atoms with van der Waals surface area (Å²) < 4.78 is 17.3. The van der Waals surface area contributed by atoms with Crippen LogP contribution in [0.2, 0.25) is 19.6 Å². The van der Waals surface area contributed by atoms with Crippen LogP contribution in [0.25, 0.3) is 11.3 Å². The van der Waals surface area contributed by atoms with E-state index in [0.717, 1.165) is 54.7 Å². The second kappa shape index (κ2) is 10.7. The first-order valence-electron chi connectivity index (χ1n) is 13.7. The zero-order chi connectivity index (χ0) is 26.9. The Morgan fingerprint density at radius 2 is 1.89 bits per heavy atom. The fourth-order valence-electron chi connectivity index (χ4n) is 5.57. The summed E-state index contributed by atoms with van der Waals surface area (Å²) in [6, 6.07) is 9.93. The van der Waals surface area contributed by atoms with Gasteiger partial charge in [-0.3, -0.25) is 0 Å². The number of nitrogens with zero attached hydrogens (tertiary/aromatic N) is 1. The molecule has 1 aliphatic rings. The van der Waals surface area contributed by atoms with Gasteiger partial charge in [0, 0.05) is 30.3 Å². The molecule has 1 N–H and O–H groups in total. The van der Waals surface area contributed by atoms with E-state index in [4.69, 9.17) is 6.58 Å². The predicted molar refractivity (Wildman–Crippen MR) is 156 cm³/mol. The van der Waals surface area contributed by atoms with E-state index in [0.29, 0.717) is 5.92 Å². The van der Waals surface area contributed by atoms with Crippen LogP contribution in [0.4, 0.5) is 4.39 Å². The van der Waals surface area contributed by atoms with Gasteiger partial charge in [-0.15, -0.1) is 0 Å². The summed E-state index contributed by atoms with van der Waals surface area (Å²) in [5.74, 6) is 0.451. The molecule has 2 heterocycles. The zero-order valence-corrected chi connectivity index (χ0v) is 25.2. The van der Waals surface area contributed by atoms with Crippen molar-refractivity contribution in [1.82, 2.24) is 5.32 Å². The van der Waals surface area contributed by atoms with Crippen molar-refractivity contribution in [3.05, 3.63) is 71.7 Å². The van der Waals surface area contributed by atoms with Gasteiger partial charge < -0.3 is 5.32 Å². The van der Waals surface area contributed by atoms with Crippen molar-refractivity contribution in [2.45, 2.75) is 91.4 Å². The Kier molecular flexibility index (Phi) is 8.52. The van der Waals surface area contributed by atoms with Crippen molar-refractivity contribution in [1.29, 1.82) is 0 Å². The minimum Gasteiger partial charge on any atom is -0.312 e. The molecule has 2 unspecified atom stereocenters. The first-order valence-corrected chi connectivity index (χ1v) is 17.2. The molecule has 36 heavy (non-hydrogen) atoms. The minimum absolute atomic E-state index is 0.169. The van der Waals surface area contributed by atoms with Crippen LogP contribution in [0, 0.1) is 11.7 Å². The van der Waals surface area contributed by atoms with Crippen LogP contribution in [0.1, 0.15) is 66.4 Å². The standard InChI is InChI=1S/C32H48FN2Si/c1-11-23(3)17-18-31(6)29-19-26(33)13-15-28(29)30-16-14-27(36(8,9)10)22-35(30)32(31,7)25(5)21-34-20-24(4)12-2/h11,13-16,19,22,24,34H,5,12,17-18,20-21H2,1-4,6-10H3/q+1/b23-11+/t24-,31?,32?/m0/s1. The predicted octanol–water partition coefficient (Wildman–Crippen LogP) is 7.25. The van der Waals surface area contributed by atoms with E-state index < -0.39 is 13.6 Å². The number of hydrogen-bond donors (Lipinski definition) is 1. The fraction of sp³-hybridized carbons (Fsp3) is 0.531. The number of allylic oxidation sites excluding steroid dienone is 2. The van der Waals surface area contributed by atoms with E-state index in [1.807, 2.05) is 6.07 Å². The van der Waals surface area contributed by atoms with Gasteiger partial charge >= 0.3 is 0 Å². The van der Waals surface area contributed by atoms with Crippen LogP contribution >= 0.6 is 0 Å². The largest absolute Gasteiger partial charge is 0.312 e. The number of pyridine rings is 1. The third-order valence-electron chi connectivity index (χ3n) is 8.95. The Balaban J connectivity index is 2.28. The highest BCUT2D eigenvalue weighted by molar-refractivity contribution is 6.88. The summed E-state index contributed by atoms with van der Waals surface area (Å²) in [5, 5.41) is 5.12. The van der Waals surface area contributed by atoms with Crippen molar-refractivity contribution >= 4 is 13.3 Å². The average molecular weight is 508 g/mol. The third-order valence-corrected chi connectivity index (χ3v) is 11.0. The third kappa shape index (κ3) is 5.17. The Morgan fingerprint density at radius 1 is 1.19 bits per heavy atom. The van der Waals surface area contributed by atoms with Gasteiger partial charge in [0.2, 0.25) is 5.69 Å². The van der Waals surface area contributed by atoms with E-state index in [2.05, 4.69) is 95.5 Å². The van der Waals surface area contributed by atoms with Gasteiger partial charge in [0.25, 0.3) is 0 Å². The molecule has 0 aliphatic carbocycles. The van der Waals surface area contributed by atoms with Gasteiger partial charge in [0.15, 0.2) is 11.7 Å². The number of rotatable bonds is 10. The van der Waals surface area contributed by atoms with E-state index in [1.54, 1.807) is 12.1 Å². The van der Waals surface area contributed by atoms with Crippen molar-refractivity contribution < 1.29 is 8.96 Å². The maximum atomic E-state index is 14.8. The summed E-state index contributed by atoms with van der Waals surface area (Å²) in [4.78, 5) is 0. The van der Waals surface area contributed by atoms with Gasteiger partial charge in [-0.2, -0.15) is 4.57 Å². The van der Waals surface area contributed by atoms with E-state index in [9.17, 15) is 4.39 Å². The molecule has 0 spiro atoms. The fourth-order valence-corrected chi connectivity index (χ4v) is 6.67. The lowest BCUT2D eigenvalue weighted by Gasteiger charge is -2.48. The lowest BCUT2D eigenvalue weighted by Crippen LogP contribution is -2.70. The van der Waals surface area contributed by atoms with Crippen molar-refractivity contribution in [3.63, 3.8) is 0 Å². The Labute approximate surface area is 220 Å². The van der Waals surface area contributed by atoms with Crippen LogP contribution in [0.5, 0.6) is 0 Å². The van der Waals surface area contributed by atoms with Gasteiger partial charge in [0.05, 0.1) is 19.1 Å². The molecule has 1 aromatic heterocycles. The molecule has 0 saturated heterocycles. The molecule has 0 saturated carbocycles. The topological polar surface area (TPSA) is 15.9 Å². The highest BCUT2D eigenvalue weighted by Crippen LogP contribution is 2.51. The van der Waals surface area contributed by atoms with Gasteiger partial charge in [-0.1, -0.05) is 64.2 Å². The van der Waals surface area contributed by atoms with Crippen LogP contribution in [-0.4, -0.2) is 21.2 Å². The number of fused-ring (bicyclic) bond motifs is 3. The second-order valence-corrected chi connectivity index (χ2v) is 17.5. The number of benzene rings is 1. The lowest BCUT2D eigenvalue weighted by molar-refractivity contribution is -0.753. The molecular weight excluding hydrogens is 459 g/mol. The molecule has 3 atom stereocenters. The molecule has 4 heteroatoms. The summed E-state index contributed by atoms with van der Waals surface area (Å²) in [7, 11) is -1.56. The normalized spacial score (nSPS) is 22.7. The molecule has 1 aromatic carbocycles. The van der Waals surface area contributed by atoms with Gasteiger partial charge in [0.1, 0.15) is 5.82 Å². The first kappa shape index (κ1) is 28.5. The number of aromatic nitrogens is 1. The summed E-state index contributed by atoms with van der Waals surface area (Å²) in [5.41, 5.74) is 5.14. The van der Waals surface area contributed by atoms with Crippen LogP contribution in [0.3, 0.4) is 0 Å². The van der Waals surface area contributed by atoms with E-state index >= 15 is 0 Å². The number of nitrogens with one attached hydrogen (secondary N) is 1. The van der Waals surface area contributed by atoms with E-state index in [-0.39, 0.29) is 11.2 Å². The highest BCUT2D eigenvalue weighted by atomic mass is 28.3. The summed E-state index contributed by atoms with van der Waals surface area (Å²) in [6.45, 7) is 27.1. The molecule has 2 nitrogen and oxygen atoms in total. The summed E-state index contributed by atoms with van der Waals surface area (Å²) in [6.07, 6.45) is 7.64. The number of halogens is 1. The van der Waals surface area contributed by atoms with Gasteiger partial charge in [-0.25, -0.2) is 4.39 Å². The Morgan fingerprint density at radius 3 is 2.50 bits per heavy atom. The molecule has 0 fully saturated rings. The monoisotopic (exact) mass is 507 g/mol. The SMILES string of the molecule is C=C(CNC[C@@H](C)CC)C1(C)[n+]2cc([Si](C)(C)C)ccc2-c2ccc(F)cc2C1(C)CC/C(C)=C/C. The molecule has 0 amide bonds. The molecule has 3 rings (SSSR count). The van der Waals surface area contributed by atoms with Crippen LogP contribution < -0.4 is 15.1 Å². The molecule has 1 aliphatic heterocycles. The van der Waals surface area contributed by atoms with Gasteiger partial charge in [-0.05, 0) is 69.8 Å². The second-order valence-electron chi connectivity index (χ2n) is 12.4. The Bertz CT molecular complexity index is 1150. The average Bonchev–Trinajstić information content (AvgIpc) is 2.84. The smallest absolute Gasteiger partial charge is 0.213 e. The minimum atomic E-state index is -1.56. The molecular formula is C32H48FN2Si+. The number of hydrogen-bond acceptors (Lipinski definition) is 1. The van der Waals surface area contributed by atoms with Crippen molar-refractivity contribution in [2.75, 3.05) is 13.1 Å². The zero-order valence-electron chi connectivity index (χ0n) is 24.2. The van der Waals surface area contributed by atoms with Crippen LogP contribution in [-0.2, 0) is 11.0 Å².